The number of rotatable bonds is 6. The second-order valence-corrected chi connectivity index (χ2v) is 4.68. The molecule has 1 heterocycles. The van der Waals surface area contributed by atoms with Gasteiger partial charge in [0.05, 0.1) is 12.7 Å². The van der Waals surface area contributed by atoms with Gasteiger partial charge in [0.2, 0.25) is 5.95 Å². The minimum atomic E-state index is 0.478. The maximum absolute atomic E-state index is 5.80. The van der Waals surface area contributed by atoms with E-state index in [1.807, 2.05) is 20.2 Å². The third-order valence-electron chi connectivity index (χ3n) is 3.25. The molecule has 0 radical (unpaired) electrons. The number of aryl methyl sites for hydroxylation is 1. The van der Waals surface area contributed by atoms with Gasteiger partial charge in [-0.2, -0.15) is 4.98 Å². The number of aromatic nitrogens is 2. The SMILES string of the molecule is CNc1ncc(C)c(NCCOC2CCCC2)n1. The highest BCUT2D eigenvalue weighted by Gasteiger charge is 2.14. The second kappa shape index (κ2) is 6.54. The van der Waals surface area contributed by atoms with Gasteiger partial charge in [-0.05, 0) is 19.8 Å². The third kappa shape index (κ3) is 3.57. The monoisotopic (exact) mass is 250 g/mol. The molecule has 0 bridgehead atoms. The summed E-state index contributed by atoms with van der Waals surface area (Å²) in [5, 5.41) is 6.23. The lowest BCUT2D eigenvalue weighted by Crippen LogP contribution is -2.16. The predicted molar refractivity (Wildman–Crippen MR) is 73.0 cm³/mol. The van der Waals surface area contributed by atoms with Crippen LogP contribution in [0.5, 0.6) is 0 Å². The average Bonchev–Trinajstić information content (AvgIpc) is 2.89. The second-order valence-electron chi connectivity index (χ2n) is 4.68. The Bertz CT molecular complexity index is 377. The van der Waals surface area contributed by atoms with Crippen molar-refractivity contribution >= 4 is 11.8 Å². The van der Waals surface area contributed by atoms with E-state index in [4.69, 9.17) is 4.74 Å². The van der Waals surface area contributed by atoms with Gasteiger partial charge in [-0.15, -0.1) is 0 Å². The molecule has 18 heavy (non-hydrogen) atoms. The van der Waals surface area contributed by atoms with E-state index < -0.39 is 0 Å². The molecule has 0 aromatic carbocycles. The molecule has 0 unspecified atom stereocenters. The maximum Gasteiger partial charge on any atom is 0.224 e. The average molecular weight is 250 g/mol. The molecular formula is C13H22N4O. The van der Waals surface area contributed by atoms with Crippen molar-refractivity contribution in [3.8, 4) is 0 Å². The van der Waals surface area contributed by atoms with Crippen molar-refractivity contribution in [3.63, 3.8) is 0 Å². The van der Waals surface area contributed by atoms with E-state index in [2.05, 4.69) is 20.6 Å². The van der Waals surface area contributed by atoms with Crippen LogP contribution in [0.4, 0.5) is 11.8 Å². The fourth-order valence-corrected chi connectivity index (χ4v) is 2.19. The lowest BCUT2D eigenvalue weighted by molar-refractivity contribution is 0.0658. The molecule has 1 fully saturated rings. The van der Waals surface area contributed by atoms with E-state index in [1.165, 1.54) is 25.7 Å². The molecule has 0 saturated heterocycles. The summed E-state index contributed by atoms with van der Waals surface area (Å²) < 4.78 is 5.80. The summed E-state index contributed by atoms with van der Waals surface area (Å²) >= 11 is 0. The molecular weight excluding hydrogens is 228 g/mol. The summed E-state index contributed by atoms with van der Waals surface area (Å²) in [6, 6.07) is 0. The Labute approximate surface area is 108 Å². The maximum atomic E-state index is 5.80. The first-order chi connectivity index (χ1) is 8.79. The van der Waals surface area contributed by atoms with Crippen molar-refractivity contribution in [2.45, 2.75) is 38.7 Å². The van der Waals surface area contributed by atoms with Crippen LogP contribution in [0.15, 0.2) is 6.20 Å². The first-order valence-corrected chi connectivity index (χ1v) is 6.66. The van der Waals surface area contributed by atoms with Crippen molar-refractivity contribution in [2.24, 2.45) is 0 Å². The van der Waals surface area contributed by atoms with Crippen LogP contribution in [0.3, 0.4) is 0 Å². The normalized spacial score (nSPS) is 15.9. The van der Waals surface area contributed by atoms with E-state index in [1.54, 1.807) is 0 Å². The smallest absolute Gasteiger partial charge is 0.224 e. The Morgan fingerprint density at radius 3 is 2.89 bits per heavy atom. The standard InChI is InChI=1S/C13H22N4O/c1-10-9-16-13(14-2)17-12(10)15-7-8-18-11-5-3-4-6-11/h9,11H,3-8H2,1-2H3,(H2,14,15,16,17). The Morgan fingerprint density at radius 2 is 2.17 bits per heavy atom. The zero-order valence-electron chi connectivity index (χ0n) is 11.2. The molecule has 100 valence electrons. The van der Waals surface area contributed by atoms with Crippen LogP contribution in [0.25, 0.3) is 0 Å². The zero-order valence-corrected chi connectivity index (χ0v) is 11.2. The summed E-state index contributed by atoms with van der Waals surface area (Å²) in [6.07, 6.45) is 7.36. The van der Waals surface area contributed by atoms with Gasteiger partial charge >= 0.3 is 0 Å². The van der Waals surface area contributed by atoms with Gasteiger partial charge in [-0.3, -0.25) is 0 Å². The van der Waals surface area contributed by atoms with Gasteiger partial charge in [0.1, 0.15) is 5.82 Å². The Morgan fingerprint density at radius 1 is 1.39 bits per heavy atom. The molecule has 2 rings (SSSR count). The number of anilines is 2. The van der Waals surface area contributed by atoms with Crippen LogP contribution in [0, 0.1) is 6.92 Å². The highest BCUT2D eigenvalue weighted by atomic mass is 16.5. The fraction of sp³-hybridized carbons (Fsp3) is 0.692. The molecule has 5 nitrogen and oxygen atoms in total. The first kappa shape index (κ1) is 13.1. The van der Waals surface area contributed by atoms with Crippen LogP contribution >= 0.6 is 0 Å². The highest BCUT2D eigenvalue weighted by molar-refractivity contribution is 5.46. The summed E-state index contributed by atoms with van der Waals surface area (Å²) in [6.45, 7) is 3.53. The van der Waals surface area contributed by atoms with Crippen LogP contribution in [0.2, 0.25) is 0 Å². The largest absolute Gasteiger partial charge is 0.376 e. The first-order valence-electron chi connectivity index (χ1n) is 6.66. The molecule has 0 aliphatic heterocycles. The van der Waals surface area contributed by atoms with Crippen molar-refractivity contribution in [1.29, 1.82) is 0 Å². The lowest BCUT2D eigenvalue weighted by atomic mass is 10.3. The quantitative estimate of drug-likeness (QED) is 0.758. The van der Waals surface area contributed by atoms with E-state index in [9.17, 15) is 0 Å². The highest BCUT2D eigenvalue weighted by Crippen LogP contribution is 2.20. The Balaban J connectivity index is 1.75. The van der Waals surface area contributed by atoms with E-state index in [0.717, 1.165) is 24.5 Å². The Kier molecular flexibility index (Phi) is 4.75. The summed E-state index contributed by atoms with van der Waals surface area (Å²) in [7, 11) is 1.82. The molecule has 1 saturated carbocycles. The van der Waals surface area contributed by atoms with Gasteiger partial charge in [0.15, 0.2) is 0 Å². The van der Waals surface area contributed by atoms with Gasteiger partial charge in [-0.25, -0.2) is 4.98 Å². The van der Waals surface area contributed by atoms with Crippen molar-refractivity contribution in [3.05, 3.63) is 11.8 Å². The van der Waals surface area contributed by atoms with Gasteiger partial charge in [0.25, 0.3) is 0 Å². The van der Waals surface area contributed by atoms with Crippen molar-refractivity contribution < 1.29 is 4.74 Å². The third-order valence-corrected chi connectivity index (χ3v) is 3.25. The van der Waals surface area contributed by atoms with E-state index in [0.29, 0.717) is 12.1 Å². The molecule has 5 heteroatoms. The summed E-state index contributed by atoms with van der Waals surface area (Å²) in [5.74, 6) is 1.52. The number of hydrogen-bond acceptors (Lipinski definition) is 5. The molecule has 1 aromatic heterocycles. The number of ether oxygens (including phenoxy) is 1. The molecule has 0 amide bonds. The topological polar surface area (TPSA) is 59.1 Å². The number of nitrogens with zero attached hydrogens (tertiary/aromatic N) is 2. The summed E-state index contributed by atoms with van der Waals surface area (Å²) in [5.41, 5.74) is 1.05. The summed E-state index contributed by atoms with van der Waals surface area (Å²) in [4.78, 5) is 8.53. The van der Waals surface area contributed by atoms with Crippen LogP contribution < -0.4 is 10.6 Å². The van der Waals surface area contributed by atoms with Gasteiger partial charge in [0, 0.05) is 25.4 Å². The van der Waals surface area contributed by atoms with Crippen LogP contribution in [-0.2, 0) is 4.74 Å². The minimum absolute atomic E-state index is 0.478. The van der Waals surface area contributed by atoms with E-state index >= 15 is 0 Å². The fourth-order valence-electron chi connectivity index (χ4n) is 2.19. The van der Waals surface area contributed by atoms with Gasteiger partial charge in [-0.1, -0.05) is 12.8 Å². The molecule has 0 spiro atoms. The van der Waals surface area contributed by atoms with Crippen molar-refractivity contribution in [1.82, 2.24) is 9.97 Å². The van der Waals surface area contributed by atoms with Crippen LogP contribution in [0.1, 0.15) is 31.2 Å². The molecule has 1 aliphatic rings. The van der Waals surface area contributed by atoms with Crippen molar-refractivity contribution in [2.75, 3.05) is 30.8 Å². The number of nitrogens with one attached hydrogen (secondary N) is 2. The Hall–Kier alpha value is -1.36. The lowest BCUT2D eigenvalue weighted by Gasteiger charge is -2.13. The zero-order chi connectivity index (χ0) is 12.8. The molecule has 1 aliphatic carbocycles. The molecule has 1 aromatic rings. The van der Waals surface area contributed by atoms with E-state index in [-0.39, 0.29) is 0 Å². The minimum Gasteiger partial charge on any atom is -0.376 e. The predicted octanol–water partition coefficient (Wildman–Crippen LogP) is 2.20. The van der Waals surface area contributed by atoms with Gasteiger partial charge < -0.3 is 15.4 Å². The number of hydrogen-bond donors (Lipinski definition) is 2. The molecule has 2 N–H and O–H groups in total. The molecule has 0 atom stereocenters. The van der Waals surface area contributed by atoms with Crippen LogP contribution in [-0.4, -0.2) is 36.3 Å².